The van der Waals surface area contributed by atoms with E-state index in [0.29, 0.717) is 23.9 Å². The van der Waals surface area contributed by atoms with Crippen molar-refractivity contribution in [1.29, 1.82) is 0 Å². The van der Waals surface area contributed by atoms with Crippen molar-refractivity contribution in [1.82, 2.24) is 14.9 Å². The van der Waals surface area contributed by atoms with E-state index in [9.17, 15) is 27.2 Å². The zero-order valence-corrected chi connectivity index (χ0v) is 12.8. The van der Waals surface area contributed by atoms with E-state index in [-0.39, 0.29) is 18.3 Å². The third-order valence-corrected chi connectivity index (χ3v) is 3.84. The Kier molecular flexibility index (Phi) is 3.97. The van der Waals surface area contributed by atoms with Gasteiger partial charge in [0.1, 0.15) is 11.9 Å². The highest BCUT2D eigenvalue weighted by atomic mass is 19.4. The molecule has 2 N–H and O–H groups in total. The summed E-state index contributed by atoms with van der Waals surface area (Å²) in [6, 6.07) is 1.04. The summed E-state index contributed by atoms with van der Waals surface area (Å²) in [6.45, 7) is 1.74. The molecule has 132 valence electrons. The lowest BCUT2D eigenvalue weighted by Crippen LogP contribution is -2.37. The van der Waals surface area contributed by atoms with Gasteiger partial charge < -0.3 is 15.2 Å². The minimum atomic E-state index is -4.77. The van der Waals surface area contributed by atoms with Gasteiger partial charge in [0, 0.05) is 5.56 Å². The first kappa shape index (κ1) is 16.9. The minimum absolute atomic E-state index is 0.0923. The lowest BCUT2D eigenvalue weighted by atomic mass is 10.1. The van der Waals surface area contributed by atoms with E-state index in [1.54, 1.807) is 11.5 Å². The topological polar surface area (TPSA) is 76.0 Å². The van der Waals surface area contributed by atoms with Crippen molar-refractivity contribution in [2.45, 2.75) is 25.7 Å². The van der Waals surface area contributed by atoms with Gasteiger partial charge in [-0.15, -0.1) is 0 Å². The molecule has 25 heavy (non-hydrogen) atoms. The number of amides is 2. The van der Waals surface area contributed by atoms with E-state index in [1.165, 1.54) is 6.33 Å². The number of hydrogen-bond donors (Lipinski definition) is 2. The third-order valence-electron chi connectivity index (χ3n) is 3.84. The highest BCUT2D eigenvalue weighted by Crippen LogP contribution is 2.31. The fraction of sp³-hybridized carbons (Fsp3) is 0.267. The van der Waals surface area contributed by atoms with Gasteiger partial charge in [0.2, 0.25) is 5.91 Å². The molecule has 2 heterocycles. The summed E-state index contributed by atoms with van der Waals surface area (Å²) in [7, 11) is 0. The monoisotopic (exact) mass is 356 g/mol. The van der Waals surface area contributed by atoms with Crippen LogP contribution in [0.4, 0.5) is 23.4 Å². The van der Waals surface area contributed by atoms with Crippen LogP contribution in [0, 0.1) is 5.82 Å². The van der Waals surface area contributed by atoms with Crippen molar-refractivity contribution in [3.63, 3.8) is 0 Å². The van der Waals surface area contributed by atoms with Crippen molar-refractivity contribution in [2.75, 3.05) is 5.32 Å². The first-order chi connectivity index (χ1) is 11.7. The van der Waals surface area contributed by atoms with Gasteiger partial charge in [-0.25, -0.2) is 9.37 Å². The number of anilines is 1. The number of aromatic nitrogens is 2. The lowest BCUT2D eigenvalue weighted by molar-refractivity contribution is -0.137. The van der Waals surface area contributed by atoms with Gasteiger partial charge in [0.05, 0.1) is 24.1 Å². The standard InChI is InChI=1S/C15H12F4N4O2/c1-7-13(24)20-5-11-12(21-6-23(7)11)22-14(25)8-2-9(15(17,18)19)4-10(16)3-8/h2-4,6-7H,5H2,1H3,(H,20,24)(H,22,25). The summed E-state index contributed by atoms with van der Waals surface area (Å²) >= 11 is 0. The average molecular weight is 356 g/mol. The van der Waals surface area contributed by atoms with Crippen LogP contribution < -0.4 is 10.6 Å². The number of nitrogens with one attached hydrogen (secondary N) is 2. The molecule has 0 spiro atoms. The second-order valence-electron chi connectivity index (χ2n) is 5.52. The Labute approximate surface area is 138 Å². The van der Waals surface area contributed by atoms with Gasteiger partial charge in [0.25, 0.3) is 5.91 Å². The number of rotatable bonds is 2. The van der Waals surface area contributed by atoms with Gasteiger partial charge in [0.15, 0.2) is 5.82 Å². The molecule has 0 fully saturated rings. The number of nitrogens with zero attached hydrogens (tertiary/aromatic N) is 2. The molecule has 2 aromatic rings. The highest BCUT2D eigenvalue weighted by molar-refractivity contribution is 6.04. The van der Waals surface area contributed by atoms with Crippen LogP contribution in [0.3, 0.4) is 0 Å². The summed E-state index contributed by atoms with van der Waals surface area (Å²) in [5.74, 6) is -2.24. The molecule has 0 radical (unpaired) electrons. The molecular formula is C15H12F4N4O2. The van der Waals surface area contributed by atoms with E-state index in [4.69, 9.17) is 0 Å². The van der Waals surface area contributed by atoms with Gasteiger partial charge in [-0.2, -0.15) is 13.2 Å². The van der Waals surface area contributed by atoms with Crippen LogP contribution in [0.2, 0.25) is 0 Å². The maximum atomic E-state index is 13.4. The van der Waals surface area contributed by atoms with Gasteiger partial charge in [-0.3, -0.25) is 9.59 Å². The molecule has 10 heteroatoms. The normalized spacial score (nSPS) is 17.0. The Balaban J connectivity index is 1.88. The predicted octanol–water partition coefficient (Wildman–Crippen LogP) is 2.48. The number of fused-ring (bicyclic) bond motifs is 1. The van der Waals surface area contributed by atoms with Crippen molar-refractivity contribution in [3.05, 3.63) is 47.2 Å². The third kappa shape index (κ3) is 3.19. The van der Waals surface area contributed by atoms with E-state index >= 15 is 0 Å². The summed E-state index contributed by atoms with van der Waals surface area (Å²) in [5.41, 5.74) is -1.25. The molecule has 1 aliphatic heterocycles. The second kappa shape index (κ2) is 5.87. The van der Waals surface area contributed by atoms with E-state index in [1.807, 2.05) is 0 Å². The number of alkyl halides is 3. The van der Waals surface area contributed by atoms with Crippen LogP contribution in [-0.4, -0.2) is 21.4 Å². The molecular weight excluding hydrogens is 344 g/mol. The zero-order chi connectivity index (χ0) is 18.4. The van der Waals surface area contributed by atoms with Crippen LogP contribution in [0.25, 0.3) is 0 Å². The zero-order valence-electron chi connectivity index (χ0n) is 12.8. The first-order valence-corrected chi connectivity index (χ1v) is 7.19. The Morgan fingerprint density at radius 3 is 2.76 bits per heavy atom. The SMILES string of the molecule is CC1C(=O)NCc2c(NC(=O)c3cc(F)cc(C(F)(F)F)c3)ncn21. The maximum Gasteiger partial charge on any atom is 0.416 e. The highest BCUT2D eigenvalue weighted by Gasteiger charge is 2.32. The van der Waals surface area contributed by atoms with Crippen molar-refractivity contribution in [3.8, 4) is 0 Å². The molecule has 1 unspecified atom stereocenters. The quantitative estimate of drug-likeness (QED) is 0.812. The molecule has 3 rings (SSSR count). The lowest BCUT2D eigenvalue weighted by Gasteiger charge is -2.22. The molecule has 6 nitrogen and oxygen atoms in total. The fourth-order valence-electron chi connectivity index (χ4n) is 2.51. The number of carbonyl (C=O) groups excluding carboxylic acids is 2. The van der Waals surface area contributed by atoms with Crippen LogP contribution in [-0.2, 0) is 17.5 Å². The second-order valence-corrected chi connectivity index (χ2v) is 5.52. The van der Waals surface area contributed by atoms with E-state index < -0.39 is 35.1 Å². The molecule has 1 aromatic carbocycles. The Bertz CT molecular complexity index is 860. The Hall–Kier alpha value is -2.91. The predicted molar refractivity (Wildman–Crippen MR) is 78.1 cm³/mol. The number of halogens is 4. The number of benzene rings is 1. The molecule has 2 amide bonds. The molecule has 1 atom stereocenters. The van der Waals surface area contributed by atoms with Gasteiger partial charge in [-0.05, 0) is 25.1 Å². The van der Waals surface area contributed by atoms with Crippen molar-refractivity contribution < 1.29 is 27.2 Å². The Morgan fingerprint density at radius 1 is 1.36 bits per heavy atom. The number of imidazole rings is 1. The van der Waals surface area contributed by atoms with Crippen molar-refractivity contribution in [2.24, 2.45) is 0 Å². The van der Waals surface area contributed by atoms with Crippen LogP contribution >= 0.6 is 0 Å². The minimum Gasteiger partial charge on any atom is -0.349 e. The fourth-order valence-corrected chi connectivity index (χ4v) is 2.51. The summed E-state index contributed by atoms with van der Waals surface area (Å²) in [5, 5.41) is 4.96. The van der Waals surface area contributed by atoms with Gasteiger partial charge in [-0.1, -0.05) is 0 Å². The smallest absolute Gasteiger partial charge is 0.349 e. The molecule has 0 saturated heterocycles. The van der Waals surface area contributed by atoms with Crippen LogP contribution in [0.5, 0.6) is 0 Å². The molecule has 1 aliphatic rings. The summed E-state index contributed by atoms with van der Waals surface area (Å²) < 4.78 is 53.2. The molecule has 1 aromatic heterocycles. The van der Waals surface area contributed by atoms with E-state index in [2.05, 4.69) is 15.6 Å². The van der Waals surface area contributed by atoms with Crippen LogP contribution in [0.15, 0.2) is 24.5 Å². The maximum absolute atomic E-state index is 13.4. The van der Waals surface area contributed by atoms with Crippen LogP contribution in [0.1, 0.15) is 34.6 Å². The average Bonchev–Trinajstić information content (AvgIpc) is 2.93. The van der Waals surface area contributed by atoms with E-state index in [0.717, 1.165) is 0 Å². The molecule has 0 saturated carbocycles. The number of hydrogen-bond acceptors (Lipinski definition) is 3. The van der Waals surface area contributed by atoms with Gasteiger partial charge >= 0.3 is 6.18 Å². The van der Waals surface area contributed by atoms with Crippen molar-refractivity contribution >= 4 is 17.6 Å². The first-order valence-electron chi connectivity index (χ1n) is 7.19. The number of carbonyl (C=O) groups is 2. The molecule has 0 bridgehead atoms. The largest absolute Gasteiger partial charge is 0.416 e. The molecule has 0 aliphatic carbocycles. The summed E-state index contributed by atoms with van der Waals surface area (Å²) in [6.07, 6.45) is -3.43. The summed E-state index contributed by atoms with van der Waals surface area (Å²) in [4.78, 5) is 27.7. The Morgan fingerprint density at radius 2 is 2.08 bits per heavy atom.